The van der Waals surface area contributed by atoms with E-state index in [2.05, 4.69) is 10.6 Å². The summed E-state index contributed by atoms with van der Waals surface area (Å²) in [6.45, 7) is 0.846. The van der Waals surface area contributed by atoms with Gasteiger partial charge in [-0.05, 0) is 48.7 Å². The highest BCUT2D eigenvalue weighted by Crippen LogP contribution is 2.33. The van der Waals surface area contributed by atoms with Crippen LogP contribution in [0.1, 0.15) is 12.0 Å². The van der Waals surface area contributed by atoms with E-state index in [1.54, 1.807) is 25.3 Å². The van der Waals surface area contributed by atoms with E-state index in [1.165, 1.54) is 4.31 Å². The van der Waals surface area contributed by atoms with Crippen LogP contribution in [0, 0.1) is 0 Å². The molecule has 0 unspecified atom stereocenters. The Hall–Kier alpha value is -2.45. The lowest BCUT2D eigenvalue weighted by molar-refractivity contribution is 0.252. The number of methoxy groups -OCH3 is 1. The SMILES string of the molecule is COc1ccc(CCNC(=O)Nc2ccc(Cl)c(N3CCCS3(=O)=O)c2)cc1. The van der Waals surface area contributed by atoms with E-state index in [0.29, 0.717) is 42.3 Å². The van der Waals surface area contributed by atoms with Crippen molar-refractivity contribution in [1.82, 2.24) is 5.32 Å². The number of benzene rings is 2. The van der Waals surface area contributed by atoms with Crippen LogP contribution in [-0.2, 0) is 16.4 Å². The van der Waals surface area contributed by atoms with Gasteiger partial charge in [-0.2, -0.15) is 0 Å². The molecule has 2 N–H and O–H groups in total. The topological polar surface area (TPSA) is 87.7 Å². The summed E-state index contributed by atoms with van der Waals surface area (Å²) in [7, 11) is -1.73. The normalized spacial score (nSPS) is 15.3. The van der Waals surface area contributed by atoms with Gasteiger partial charge in [0.15, 0.2) is 0 Å². The minimum absolute atomic E-state index is 0.104. The lowest BCUT2D eigenvalue weighted by Crippen LogP contribution is -2.30. The molecule has 3 rings (SSSR count). The van der Waals surface area contributed by atoms with Crippen molar-refractivity contribution in [2.75, 3.05) is 35.6 Å². The van der Waals surface area contributed by atoms with E-state index in [4.69, 9.17) is 16.3 Å². The third-order valence-corrected chi connectivity index (χ3v) is 6.61. The highest BCUT2D eigenvalue weighted by atomic mass is 35.5. The van der Waals surface area contributed by atoms with Gasteiger partial charge >= 0.3 is 6.03 Å². The minimum Gasteiger partial charge on any atom is -0.497 e. The first-order valence-corrected chi connectivity index (χ1v) is 10.9. The van der Waals surface area contributed by atoms with Crippen LogP contribution in [0.25, 0.3) is 0 Å². The molecule has 9 heteroatoms. The fraction of sp³-hybridized carbons (Fsp3) is 0.316. The molecule has 2 aromatic carbocycles. The molecule has 0 aliphatic carbocycles. The first-order valence-electron chi connectivity index (χ1n) is 8.87. The van der Waals surface area contributed by atoms with Crippen molar-refractivity contribution in [3.05, 3.63) is 53.1 Å². The summed E-state index contributed by atoms with van der Waals surface area (Å²) >= 11 is 6.17. The minimum atomic E-state index is -3.35. The largest absolute Gasteiger partial charge is 0.497 e. The second kappa shape index (κ2) is 8.70. The van der Waals surface area contributed by atoms with Gasteiger partial charge in [0.1, 0.15) is 5.75 Å². The Morgan fingerprint density at radius 3 is 2.61 bits per heavy atom. The predicted octanol–water partition coefficient (Wildman–Crippen LogP) is 3.25. The number of carbonyl (C=O) groups is 1. The first kappa shape index (κ1) is 20.3. The summed E-state index contributed by atoms with van der Waals surface area (Å²) in [5, 5.41) is 5.83. The monoisotopic (exact) mass is 423 g/mol. The molecule has 150 valence electrons. The molecule has 7 nitrogen and oxygen atoms in total. The van der Waals surface area contributed by atoms with E-state index in [9.17, 15) is 13.2 Å². The zero-order chi connectivity index (χ0) is 20.1. The first-order chi connectivity index (χ1) is 13.4. The van der Waals surface area contributed by atoms with Gasteiger partial charge in [0.25, 0.3) is 0 Å². The molecule has 2 amide bonds. The van der Waals surface area contributed by atoms with Crippen molar-refractivity contribution in [1.29, 1.82) is 0 Å². The number of halogens is 1. The maximum atomic E-state index is 12.1. The number of anilines is 2. The fourth-order valence-electron chi connectivity index (χ4n) is 2.98. The maximum absolute atomic E-state index is 12.1. The zero-order valence-corrected chi connectivity index (χ0v) is 17.0. The van der Waals surface area contributed by atoms with Crippen molar-refractivity contribution < 1.29 is 17.9 Å². The molecule has 1 aliphatic rings. The van der Waals surface area contributed by atoms with Gasteiger partial charge in [0.2, 0.25) is 10.0 Å². The molecule has 0 bridgehead atoms. The number of hydrogen-bond donors (Lipinski definition) is 2. The van der Waals surface area contributed by atoms with Gasteiger partial charge in [-0.25, -0.2) is 13.2 Å². The van der Waals surface area contributed by atoms with Crippen molar-refractivity contribution in [3.8, 4) is 5.75 Å². The Labute approximate surface area is 169 Å². The summed E-state index contributed by atoms with van der Waals surface area (Å²) in [5.41, 5.74) is 1.94. The maximum Gasteiger partial charge on any atom is 0.319 e. The van der Waals surface area contributed by atoms with Gasteiger partial charge in [-0.3, -0.25) is 4.31 Å². The highest BCUT2D eigenvalue weighted by molar-refractivity contribution is 7.93. The second-order valence-electron chi connectivity index (χ2n) is 6.39. The molecule has 1 fully saturated rings. The van der Waals surface area contributed by atoms with E-state index in [-0.39, 0.29) is 11.8 Å². The number of nitrogens with one attached hydrogen (secondary N) is 2. The van der Waals surface area contributed by atoms with E-state index < -0.39 is 10.0 Å². The number of nitrogens with zero attached hydrogens (tertiary/aromatic N) is 1. The number of rotatable bonds is 6. The molecule has 1 heterocycles. The van der Waals surface area contributed by atoms with Gasteiger partial charge in [0.05, 0.1) is 23.6 Å². The Bertz CT molecular complexity index is 948. The summed E-state index contributed by atoms with van der Waals surface area (Å²) in [6, 6.07) is 12.1. The Kier molecular flexibility index (Phi) is 6.31. The third kappa shape index (κ3) is 4.88. The summed E-state index contributed by atoms with van der Waals surface area (Å²) in [6.07, 6.45) is 1.23. The third-order valence-electron chi connectivity index (χ3n) is 4.43. The molecule has 2 aromatic rings. The van der Waals surface area contributed by atoms with E-state index >= 15 is 0 Å². The van der Waals surface area contributed by atoms with Gasteiger partial charge < -0.3 is 15.4 Å². The number of urea groups is 1. The van der Waals surface area contributed by atoms with Crippen molar-refractivity contribution >= 4 is 39.0 Å². The predicted molar refractivity (Wildman–Crippen MR) is 111 cm³/mol. The number of ether oxygens (including phenoxy) is 1. The van der Waals surface area contributed by atoms with E-state index in [1.807, 2.05) is 24.3 Å². The second-order valence-corrected chi connectivity index (χ2v) is 8.81. The van der Waals surface area contributed by atoms with Crippen LogP contribution >= 0.6 is 11.6 Å². The van der Waals surface area contributed by atoms with Crippen LogP contribution in [0.3, 0.4) is 0 Å². The lowest BCUT2D eigenvalue weighted by Gasteiger charge is -2.19. The average molecular weight is 424 g/mol. The van der Waals surface area contributed by atoms with Crippen LogP contribution in [0.4, 0.5) is 16.2 Å². The Balaban J connectivity index is 1.57. The number of amides is 2. The van der Waals surface area contributed by atoms with Crippen LogP contribution in [0.15, 0.2) is 42.5 Å². The molecular formula is C19H22ClN3O4S. The standard InChI is InChI=1S/C19H22ClN3O4S/c1-27-16-6-3-14(4-7-16)9-10-21-19(24)22-15-5-8-17(20)18(13-15)23-11-2-12-28(23,25)26/h3-8,13H,2,9-12H2,1H3,(H2,21,22,24). The molecule has 28 heavy (non-hydrogen) atoms. The quantitative estimate of drug-likeness (QED) is 0.746. The van der Waals surface area contributed by atoms with Gasteiger partial charge in [-0.15, -0.1) is 0 Å². The van der Waals surface area contributed by atoms with Gasteiger partial charge in [-0.1, -0.05) is 23.7 Å². The average Bonchev–Trinajstić information content (AvgIpc) is 3.03. The Morgan fingerprint density at radius 2 is 1.96 bits per heavy atom. The summed E-state index contributed by atoms with van der Waals surface area (Å²) < 4.78 is 30.7. The van der Waals surface area contributed by atoms with Crippen LogP contribution in [0.2, 0.25) is 5.02 Å². The molecule has 0 saturated carbocycles. The number of carbonyl (C=O) groups excluding carboxylic acids is 1. The molecular weight excluding hydrogens is 402 g/mol. The number of sulfonamides is 1. The fourth-order valence-corrected chi connectivity index (χ4v) is 4.82. The lowest BCUT2D eigenvalue weighted by atomic mass is 10.1. The van der Waals surface area contributed by atoms with Crippen LogP contribution < -0.4 is 19.7 Å². The summed E-state index contributed by atoms with van der Waals surface area (Å²) in [4.78, 5) is 12.1. The Morgan fingerprint density at radius 1 is 1.21 bits per heavy atom. The zero-order valence-electron chi connectivity index (χ0n) is 15.4. The molecule has 0 spiro atoms. The van der Waals surface area contributed by atoms with Crippen LogP contribution in [-0.4, -0.2) is 40.4 Å². The molecule has 0 atom stereocenters. The van der Waals surface area contributed by atoms with Crippen molar-refractivity contribution in [3.63, 3.8) is 0 Å². The van der Waals surface area contributed by atoms with Crippen molar-refractivity contribution in [2.45, 2.75) is 12.8 Å². The smallest absolute Gasteiger partial charge is 0.319 e. The van der Waals surface area contributed by atoms with Crippen molar-refractivity contribution in [2.24, 2.45) is 0 Å². The molecule has 0 radical (unpaired) electrons. The number of hydrogen-bond acceptors (Lipinski definition) is 4. The van der Waals surface area contributed by atoms with E-state index in [0.717, 1.165) is 11.3 Å². The molecule has 1 saturated heterocycles. The molecule has 0 aromatic heterocycles. The van der Waals surface area contributed by atoms with Gasteiger partial charge in [0, 0.05) is 18.8 Å². The molecule has 1 aliphatic heterocycles. The highest BCUT2D eigenvalue weighted by Gasteiger charge is 2.30. The van der Waals surface area contributed by atoms with Crippen LogP contribution in [0.5, 0.6) is 5.75 Å². The summed E-state index contributed by atoms with van der Waals surface area (Å²) in [5.74, 6) is 0.889.